The molecule has 52 heavy (non-hydrogen) atoms. The molecule has 272 valence electrons. The molecule has 0 unspecified atom stereocenters. The molecule has 1 fully saturated rings. The molecule has 1 saturated heterocycles. The molecule has 0 radical (unpaired) electrons. The van der Waals surface area contributed by atoms with E-state index in [1.165, 1.54) is 11.7 Å². The lowest BCUT2D eigenvalue weighted by Crippen LogP contribution is -2.48. The van der Waals surface area contributed by atoms with Crippen LogP contribution in [0.5, 0.6) is 11.5 Å². The Morgan fingerprint density at radius 3 is 2.48 bits per heavy atom. The minimum atomic E-state index is -3.56. The van der Waals surface area contributed by atoms with E-state index in [4.69, 9.17) is 14.2 Å². The summed E-state index contributed by atoms with van der Waals surface area (Å²) in [5.41, 5.74) is 2.08. The van der Waals surface area contributed by atoms with E-state index in [2.05, 4.69) is 0 Å². The quantitative estimate of drug-likeness (QED) is 0.179. The van der Waals surface area contributed by atoms with Crippen molar-refractivity contribution in [2.24, 2.45) is 5.92 Å². The summed E-state index contributed by atoms with van der Waals surface area (Å²) in [5.74, 6) is -0.473. The second kappa shape index (κ2) is 13.6. The number of carbonyl (C=O) groups excluding carboxylic acids is 2. The Morgan fingerprint density at radius 1 is 1.00 bits per heavy atom. The minimum Gasteiger partial charge on any atom is -0.497 e. The number of rotatable bonds is 9. The van der Waals surface area contributed by atoms with Gasteiger partial charge in [-0.3, -0.25) is 19.0 Å². The molecule has 3 aromatic carbocycles. The number of aromatic nitrogens is 1. The Hall–Kier alpha value is -4.78. The van der Waals surface area contributed by atoms with E-state index in [-0.39, 0.29) is 42.7 Å². The fourth-order valence-electron chi connectivity index (χ4n) is 8.66. The molecule has 4 heterocycles. The van der Waals surface area contributed by atoms with E-state index in [1.807, 2.05) is 55.5 Å². The van der Waals surface area contributed by atoms with Crippen molar-refractivity contribution in [3.8, 4) is 17.2 Å². The summed E-state index contributed by atoms with van der Waals surface area (Å²) < 4.78 is 35.8. The number of fused-ring (bicyclic) bond motifs is 3. The number of benzene rings is 3. The molecule has 12 heteroatoms. The highest BCUT2D eigenvalue weighted by Crippen LogP contribution is 2.60. The van der Waals surface area contributed by atoms with E-state index in [0.29, 0.717) is 35.7 Å². The van der Waals surface area contributed by atoms with Gasteiger partial charge in [-0.25, -0.2) is 0 Å². The number of hydrogen-bond donors (Lipinski definition) is 1. The number of carbonyl (C=O) groups is 2. The lowest BCUT2D eigenvalue weighted by atomic mass is 9.82. The third kappa shape index (κ3) is 5.92. The Labute approximate surface area is 303 Å². The molecule has 0 aliphatic carbocycles. The van der Waals surface area contributed by atoms with Gasteiger partial charge in [-0.1, -0.05) is 43.3 Å². The first kappa shape index (κ1) is 35.6. The molecule has 0 saturated carbocycles. The molecular weight excluding hydrogens is 682 g/mol. The number of nitrogens with zero attached hydrogens (tertiary/aromatic N) is 3. The van der Waals surface area contributed by atoms with Crippen molar-refractivity contribution in [1.29, 1.82) is 0 Å². The standard InChI is InChI=1S/C40H44FN3O7Si/c1-25-37(52(4,5)41)35(21-36(46)43-23-28-12-7-6-11-27(28)19-30(43)24-45)51-40(25)32-20-31(49-2)15-16-33(32)44(39(40)48)22-26-10-8-13-29(18-26)42-17-9-14-34(50-3)38(42)47/h6-18,20,25,30,35,37,45H,19,21-24H2,1-5H3/t25-,30-,35+,37-,40+/m0/s1. The maximum Gasteiger partial charge on any atom is 0.297 e. The van der Waals surface area contributed by atoms with Crippen LogP contribution in [0, 0.1) is 5.92 Å². The van der Waals surface area contributed by atoms with Gasteiger partial charge < -0.3 is 33.2 Å². The molecule has 0 bridgehead atoms. The molecule has 1 aromatic heterocycles. The first-order valence-corrected chi connectivity index (χ1v) is 20.6. The van der Waals surface area contributed by atoms with Gasteiger partial charge in [0.2, 0.25) is 14.3 Å². The maximum absolute atomic E-state index is 16.6. The lowest BCUT2D eigenvalue weighted by Gasteiger charge is -2.37. The van der Waals surface area contributed by atoms with E-state index in [0.717, 1.165) is 16.7 Å². The van der Waals surface area contributed by atoms with Crippen LogP contribution in [0.4, 0.5) is 9.80 Å². The van der Waals surface area contributed by atoms with Crippen LogP contribution in [0.2, 0.25) is 18.6 Å². The van der Waals surface area contributed by atoms with Gasteiger partial charge in [0, 0.05) is 35.5 Å². The fraction of sp³-hybridized carbons (Fsp3) is 0.375. The zero-order valence-electron chi connectivity index (χ0n) is 30.0. The summed E-state index contributed by atoms with van der Waals surface area (Å²) in [6.45, 7) is 5.36. The molecule has 7 rings (SSSR count). The maximum atomic E-state index is 16.6. The molecular formula is C40H44FN3O7Si. The summed E-state index contributed by atoms with van der Waals surface area (Å²) in [6, 6.07) is 23.5. The van der Waals surface area contributed by atoms with Gasteiger partial charge in [-0.2, -0.15) is 0 Å². The third-order valence-corrected chi connectivity index (χ3v) is 13.5. The number of pyridine rings is 1. The number of hydrogen-bond acceptors (Lipinski definition) is 7. The van der Waals surface area contributed by atoms with Crippen molar-refractivity contribution in [1.82, 2.24) is 9.47 Å². The van der Waals surface area contributed by atoms with Crippen LogP contribution >= 0.6 is 0 Å². The van der Waals surface area contributed by atoms with Crippen LogP contribution < -0.4 is 19.9 Å². The van der Waals surface area contributed by atoms with Crippen LogP contribution in [0.15, 0.2) is 89.9 Å². The van der Waals surface area contributed by atoms with Crippen molar-refractivity contribution < 1.29 is 33.0 Å². The van der Waals surface area contributed by atoms with Crippen LogP contribution in [-0.4, -0.2) is 67.8 Å². The lowest BCUT2D eigenvalue weighted by molar-refractivity contribution is -0.151. The highest BCUT2D eigenvalue weighted by atomic mass is 28.4. The smallest absolute Gasteiger partial charge is 0.297 e. The second-order valence-electron chi connectivity index (χ2n) is 14.5. The first-order chi connectivity index (χ1) is 24.9. The SMILES string of the molecule is COc1ccc2c(c1)[C@@]1(O[C@H](CC(=O)N3Cc4ccccc4C[C@H]3CO)[C@@H]([Si](C)(C)F)[C@@H]1C)C(=O)N2Cc1cccc(-n2cccc(OC)c2=O)c1. The van der Waals surface area contributed by atoms with E-state index in [1.54, 1.807) is 66.5 Å². The normalized spacial score (nSPS) is 23.9. The molecule has 3 aliphatic heterocycles. The molecule has 10 nitrogen and oxygen atoms in total. The average Bonchev–Trinajstić information content (AvgIpc) is 3.56. The first-order valence-electron chi connectivity index (χ1n) is 17.6. The third-order valence-electron chi connectivity index (χ3n) is 11.1. The number of aliphatic hydroxyl groups is 1. The largest absolute Gasteiger partial charge is 0.497 e. The van der Waals surface area contributed by atoms with Crippen LogP contribution in [-0.2, 0) is 39.4 Å². The number of ether oxygens (including phenoxy) is 3. The topological polar surface area (TPSA) is 111 Å². The number of anilines is 1. The van der Waals surface area contributed by atoms with Crippen LogP contribution in [0.1, 0.15) is 35.6 Å². The summed E-state index contributed by atoms with van der Waals surface area (Å²) in [7, 11) is -0.569. The second-order valence-corrected chi connectivity index (χ2v) is 18.3. The number of amides is 2. The average molecular weight is 726 g/mol. The fourth-order valence-corrected chi connectivity index (χ4v) is 11.2. The molecule has 3 aliphatic rings. The molecule has 1 N–H and O–H groups in total. The van der Waals surface area contributed by atoms with Crippen molar-refractivity contribution in [3.63, 3.8) is 0 Å². The van der Waals surface area contributed by atoms with E-state index < -0.39 is 37.6 Å². The summed E-state index contributed by atoms with van der Waals surface area (Å²) in [6.07, 6.45) is 1.17. The van der Waals surface area contributed by atoms with Gasteiger partial charge in [0.25, 0.3) is 11.5 Å². The Kier molecular flexibility index (Phi) is 9.34. The molecule has 4 aromatic rings. The Morgan fingerprint density at radius 2 is 1.77 bits per heavy atom. The van der Waals surface area contributed by atoms with E-state index in [9.17, 15) is 19.5 Å². The highest BCUT2D eigenvalue weighted by Gasteiger charge is 2.67. The highest BCUT2D eigenvalue weighted by molar-refractivity contribution is 6.72. The summed E-state index contributed by atoms with van der Waals surface area (Å²) in [5, 5.41) is 10.3. The van der Waals surface area contributed by atoms with Crippen LogP contribution in [0.25, 0.3) is 5.69 Å². The van der Waals surface area contributed by atoms with Crippen molar-refractivity contribution in [3.05, 3.63) is 118 Å². The molecule has 5 atom stereocenters. The minimum absolute atomic E-state index is 0.125. The van der Waals surface area contributed by atoms with Crippen LogP contribution in [0.3, 0.4) is 0 Å². The Bertz CT molecular complexity index is 2080. The molecule has 2 amide bonds. The predicted octanol–water partition coefficient (Wildman–Crippen LogP) is 5.51. The van der Waals surface area contributed by atoms with Gasteiger partial charge in [0.15, 0.2) is 11.4 Å². The Balaban J connectivity index is 1.24. The molecule has 1 spiro atoms. The van der Waals surface area contributed by atoms with Gasteiger partial charge >= 0.3 is 0 Å². The zero-order chi connectivity index (χ0) is 36.9. The number of aliphatic hydroxyl groups excluding tert-OH is 1. The van der Waals surface area contributed by atoms with E-state index >= 15 is 4.11 Å². The van der Waals surface area contributed by atoms with Gasteiger partial charge in [-0.15, -0.1) is 0 Å². The van der Waals surface area contributed by atoms with Crippen molar-refractivity contribution in [2.75, 3.05) is 25.7 Å². The van der Waals surface area contributed by atoms with Gasteiger partial charge in [0.05, 0.1) is 51.6 Å². The number of methoxy groups -OCH3 is 2. The predicted molar refractivity (Wildman–Crippen MR) is 197 cm³/mol. The summed E-state index contributed by atoms with van der Waals surface area (Å²) >= 11 is 0. The number of halogens is 1. The zero-order valence-corrected chi connectivity index (χ0v) is 31.0. The van der Waals surface area contributed by atoms with Gasteiger partial charge in [0.1, 0.15) is 5.75 Å². The van der Waals surface area contributed by atoms with Crippen molar-refractivity contribution in [2.45, 2.75) is 69.2 Å². The summed E-state index contributed by atoms with van der Waals surface area (Å²) in [4.78, 5) is 45.5. The van der Waals surface area contributed by atoms with Gasteiger partial charge in [-0.05, 0) is 78.7 Å². The van der Waals surface area contributed by atoms with Crippen molar-refractivity contribution >= 4 is 25.9 Å². The monoisotopic (exact) mass is 725 g/mol.